The smallest absolute Gasteiger partial charge is 0.212 e. The number of benzene rings is 1. The first-order valence-corrected chi connectivity index (χ1v) is 6.54. The van der Waals surface area contributed by atoms with Gasteiger partial charge in [-0.1, -0.05) is 18.2 Å². The van der Waals surface area contributed by atoms with Gasteiger partial charge in [0.25, 0.3) is 0 Å². The number of aromatic nitrogens is 2. The monoisotopic (exact) mass is 312 g/mol. The minimum absolute atomic E-state index is 0.0916. The zero-order valence-electron chi connectivity index (χ0n) is 9.88. The normalized spacial score (nSPS) is 10.6. The highest BCUT2D eigenvalue weighted by Crippen LogP contribution is 2.20. The van der Waals surface area contributed by atoms with Gasteiger partial charge in [-0.05, 0) is 39.5 Å². The zero-order valence-corrected chi connectivity index (χ0v) is 11.5. The van der Waals surface area contributed by atoms with Crippen molar-refractivity contribution in [3.8, 4) is 0 Å². The number of fused-ring (bicyclic) bond motifs is 1. The van der Waals surface area contributed by atoms with Crippen LogP contribution < -0.4 is 0 Å². The predicted molar refractivity (Wildman–Crippen MR) is 77.1 cm³/mol. The number of carbonyl (C=O) groups is 1. The van der Waals surface area contributed by atoms with Crippen LogP contribution in [0.1, 0.15) is 16.1 Å². The van der Waals surface area contributed by atoms with Crippen LogP contribution in [0.5, 0.6) is 0 Å². The number of nitrogens with zero attached hydrogens (tertiary/aromatic N) is 2. The minimum Gasteiger partial charge on any atom is -0.287 e. The Labute approximate surface area is 118 Å². The Bertz CT molecular complexity index is 748. The van der Waals surface area contributed by atoms with Crippen molar-refractivity contribution in [2.24, 2.45) is 0 Å². The van der Waals surface area contributed by atoms with Crippen molar-refractivity contribution in [1.82, 2.24) is 9.97 Å². The Hall–Kier alpha value is -2.07. The maximum atomic E-state index is 12.5. The summed E-state index contributed by atoms with van der Waals surface area (Å²) in [6, 6.07) is 11.0. The van der Waals surface area contributed by atoms with E-state index < -0.39 is 0 Å². The van der Waals surface area contributed by atoms with Crippen LogP contribution in [0.3, 0.4) is 0 Å². The van der Waals surface area contributed by atoms with E-state index in [1.165, 1.54) is 0 Å². The summed E-state index contributed by atoms with van der Waals surface area (Å²) >= 11 is 3.31. The Morgan fingerprint density at radius 3 is 2.74 bits per heavy atom. The molecular weight excluding hydrogens is 304 g/mol. The van der Waals surface area contributed by atoms with Gasteiger partial charge in [-0.3, -0.25) is 14.8 Å². The second-order valence-electron chi connectivity index (χ2n) is 4.09. The molecule has 2 heterocycles. The lowest BCUT2D eigenvalue weighted by molar-refractivity contribution is 0.103. The topological polar surface area (TPSA) is 42.9 Å². The van der Waals surface area contributed by atoms with E-state index in [1.807, 2.05) is 24.3 Å². The van der Waals surface area contributed by atoms with E-state index in [9.17, 15) is 4.79 Å². The Kier molecular flexibility index (Phi) is 3.09. The van der Waals surface area contributed by atoms with Gasteiger partial charge in [-0.15, -0.1) is 0 Å². The largest absolute Gasteiger partial charge is 0.287 e. The average molecular weight is 313 g/mol. The molecule has 0 N–H and O–H groups in total. The molecule has 4 heteroatoms. The quantitative estimate of drug-likeness (QED) is 0.679. The van der Waals surface area contributed by atoms with Gasteiger partial charge in [0.15, 0.2) is 0 Å². The molecule has 0 radical (unpaired) electrons. The summed E-state index contributed by atoms with van der Waals surface area (Å²) in [5.41, 5.74) is 1.06. The van der Waals surface area contributed by atoms with Crippen molar-refractivity contribution in [3.05, 3.63) is 70.7 Å². The van der Waals surface area contributed by atoms with E-state index in [-0.39, 0.29) is 5.78 Å². The lowest BCUT2D eigenvalue weighted by Gasteiger charge is -2.04. The molecule has 19 heavy (non-hydrogen) atoms. The summed E-state index contributed by atoms with van der Waals surface area (Å²) in [6.45, 7) is 0. The maximum Gasteiger partial charge on any atom is 0.212 e. The molecule has 2 aromatic heterocycles. The fraction of sp³-hybridized carbons (Fsp3) is 0. The van der Waals surface area contributed by atoms with E-state index in [2.05, 4.69) is 25.9 Å². The highest BCUT2D eigenvalue weighted by Gasteiger charge is 2.13. The molecule has 1 aromatic carbocycles. The van der Waals surface area contributed by atoms with Gasteiger partial charge in [0.05, 0.1) is 0 Å². The summed E-state index contributed by atoms with van der Waals surface area (Å²) in [6.07, 6.45) is 5.05. The van der Waals surface area contributed by atoms with E-state index in [0.717, 1.165) is 15.2 Å². The van der Waals surface area contributed by atoms with E-state index >= 15 is 0 Å². The number of rotatable bonds is 2. The zero-order chi connectivity index (χ0) is 13.2. The summed E-state index contributed by atoms with van der Waals surface area (Å²) in [4.78, 5) is 20.7. The number of halogens is 1. The molecule has 0 amide bonds. The van der Waals surface area contributed by atoms with E-state index in [1.54, 1.807) is 30.7 Å². The SMILES string of the molecule is O=C(c1ccc(Br)cn1)c1cccc2ccncc12. The van der Waals surface area contributed by atoms with Gasteiger partial charge in [0.1, 0.15) is 5.69 Å². The fourth-order valence-corrected chi connectivity index (χ4v) is 2.19. The molecule has 0 saturated heterocycles. The number of hydrogen-bond acceptors (Lipinski definition) is 3. The van der Waals surface area contributed by atoms with Crippen molar-refractivity contribution >= 4 is 32.5 Å². The molecule has 0 unspecified atom stereocenters. The molecule has 0 bridgehead atoms. The van der Waals surface area contributed by atoms with Gasteiger partial charge in [-0.2, -0.15) is 0 Å². The lowest BCUT2D eigenvalue weighted by Crippen LogP contribution is -2.04. The number of carbonyl (C=O) groups excluding carboxylic acids is 1. The van der Waals surface area contributed by atoms with Crippen molar-refractivity contribution in [2.75, 3.05) is 0 Å². The third-order valence-corrected chi connectivity index (χ3v) is 3.36. The Morgan fingerprint density at radius 1 is 1.05 bits per heavy atom. The van der Waals surface area contributed by atoms with Crippen molar-refractivity contribution in [1.29, 1.82) is 0 Å². The summed E-state index contributed by atoms with van der Waals surface area (Å²) in [5, 5.41) is 1.85. The van der Waals surface area contributed by atoms with Crippen LogP contribution in [0, 0.1) is 0 Å². The molecule has 0 aliphatic rings. The molecule has 0 aliphatic heterocycles. The maximum absolute atomic E-state index is 12.5. The van der Waals surface area contributed by atoms with Crippen molar-refractivity contribution < 1.29 is 4.79 Å². The van der Waals surface area contributed by atoms with Gasteiger partial charge in [0, 0.05) is 34.0 Å². The van der Waals surface area contributed by atoms with E-state index in [0.29, 0.717) is 11.3 Å². The lowest BCUT2D eigenvalue weighted by atomic mass is 10.0. The molecular formula is C15H9BrN2O. The third-order valence-electron chi connectivity index (χ3n) is 2.89. The molecule has 3 nitrogen and oxygen atoms in total. The molecule has 92 valence electrons. The van der Waals surface area contributed by atoms with Gasteiger partial charge < -0.3 is 0 Å². The van der Waals surface area contributed by atoms with Crippen LogP contribution >= 0.6 is 15.9 Å². The van der Waals surface area contributed by atoms with Crippen LogP contribution in [0.25, 0.3) is 10.8 Å². The second-order valence-corrected chi connectivity index (χ2v) is 5.01. The molecule has 0 fully saturated rings. The molecule has 0 saturated carbocycles. The summed E-state index contributed by atoms with van der Waals surface area (Å²) in [7, 11) is 0. The molecule has 3 aromatic rings. The standard InChI is InChI=1S/C15H9BrN2O/c16-11-4-5-14(18-8-11)15(19)12-3-1-2-10-6-7-17-9-13(10)12/h1-9H. The third kappa shape index (κ3) is 2.27. The molecule has 0 spiro atoms. The fourth-order valence-electron chi connectivity index (χ4n) is 1.96. The highest BCUT2D eigenvalue weighted by atomic mass is 79.9. The van der Waals surface area contributed by atoms with Gasteiger partial charge >= 0.3 is 0 Å². The van der Waals surface area contributed by atoms with Crippen LogP contribution in [0.2, 0.25) is 0 Å². The first-order valence-electron chi connectivity index (χ1n) is 5.75. The minimum atomic E-state index is -0.0916. The van der Waals surface area contributed by atoms with Crippen LogP contribution in [0.15, 0.2) is 59.5 Å². The van der Waals surface area contributed by atoms with Crippen LogP contribution in [0.4, 0.5) is 0 Å². The average Bonchev–Trinajstić information content (AvgIpc) is 2.47. The van der Waals surface area contributed by atoms with E-state index in [4.69, 9.17) is 0 Å². The number of ketones is 1. The summed E-state index contributed by atoms with van der Waals surface area (Å²) in [5.74, 6) is -0.0916. The Morgan fingerprint density at radius 2 is 1.95 bits per heavy atom. The number of pyridine rings is 2. The summed E-state index contributed by atoms with van der Waals surface area (Å²) < 4.78 is 0.851. The first-order chi connectivity index (χ1) is 9.25. The van der Waals surface area contributed by atoms with Crippen molar-refractivity contribution in [3.63, 3.8) is 0 Å². The molecule has 0 atom stereocenters. The number of hydrogen-bond donors (Lipinski definition) is 0. The molecule has 0 aliphatic carbocycles. The van der Waals surface area contributed by atoms with Crippen LogP contribution in [-0.2, 0) is 0 Å². The van der Waals surface area contributed by atoms with Gasteiger partial charge in [-0.25, -0.2) is 0 Å². The van der Waals surface area contributed by atoms with Crippen molar-refractivity contribution in [2.45, 2.75) is 0 Å². The van der Waals surface area contributed by atoms with Crippen LogP contribution in [-0.4, -0.2) is 15.8 Å². The molecule has 3 rings (SSSR count). The first kappa shape index (κ1) is 12.0. The Balaban J connectivity index is 2.14. The second kappa shape index (κ2) is 4.90. The predicted octanol–water partition coefficient (Wildman–Crippen LogP) is 3.62. The van der Waals surface area contributed by atoms with Gasteiger partial charge in [0.2, 0.25) is 5.78 Å². The highest BCUT2D eigenvalue weighted by molar-refractivity contribution is 9.10.